The second kappa shape index (κ2) is 6.86. The average molecular weight is 228 g/mol. The van der Waals surface area contributed by atoms with Gasteiger partial charge < -0.3 is 10.0 Å². The molecule has 1 saturated carbocycles. The van der Waals surface area contributed by atoms with E-state index in [2.05, 4.69) is 9.80 Å². The first-order valence-corrected chi connectivity index (χ1v) is 6.20. The van der Waals surface area contributed by atoms with Crippen LogP contribution in [-0.2, 0) is 4.79 Å². The maximum absolute atomic E-state index is 10.8. The van der Waals surface area contributed by atoms with E-state index in [4.69, 9.17) is 5.11 Å². The molecule has 1 rings (SSSR count). The highest BCUT2D eigenvalue weighted by Crippen LogP contribution is 2.22. The van der Waals surface area contributed by atoms with Crippen molar-refractivity contribution in [3.63, 3.8) is 0 Å². The fourth-order valence-electron chi connectivity index (χ4n) is 2.34. The number of hydrogen-bond donors (Lipinski definition) is 1. The number of likely N-dealkylation sites (N-methyl/N-ethyl adjacent to an activating group) is 1. The number of rotatable bonds is 6. The van der Waals surface area contributed by atoms with Crippen LogP contribution < -0.4 is 0 Å². The van der Waals surface area contributed by atoms with Crippen LogP contribution in [0.1, 0.15) is 32.1 Å². The highest BCUT2D eigenvalue weighted by Gasteiger charge is 2.22. The molecule has 1 aliphatic rings. The Morgan fingerprint density at radius 1 is 1.19 bits per heavy atom. The lowest BCUT2D eigenvalue weighted by Gasteiger charge is -2.33. The van der Waals surface area contributed by atoms with Crippen LogP contribution in [0.2, 0.25) is 0 Å². The molecule has 0 bridgehead atoms. The molecule has 4 nitrogen and oxygen atoms in total. The van der Waals surface area contributed by atoms with E-state index in [9.17, 15) is 4.79 Å². The third-order valence-electron chi connectivity index (χ3n) is 3.26. The lowest BCUT2D eigenvalue weighted by atomic mass is 9.94. The summed E-state index contributed by atoms with van der Waals surface area (Å²) in [6.07, 6.45) is 6.15. The van der Waals surface area contributed by atoms with Gasteiger partial charge in [0.15, 0.2) is 0 Å². The molecule has 0 heterocycles. The normalized spacial score (nSPS) is 18.2. The first kappa shape index (κ1) is 13.5. The molecule has 0 radical (unpaired) electrons. The standard InChI is InChI=1S/C12H24N2O2/c1-13(2)8-9-14(10-12(15)16)11-6-4-3-5-7-11/h11H,3-10H2,1-2H3,(H,15,16). The molecule has 0 aromatic rings. The zero-order valence-corrected chi connectivity index (χ0v) is 10.5. The molecule has 16 heavy (non-hydrogen) atoms. The van der Waals surface area contributed by atoms with E-state index in [1.807, 2.05) is 14.1 Å². The van der Waals surface area contributed by atoms with E-state index >= 15 is 0 Å². The van der Waals surface area contributed by atoms with Gasteiger partial charge in [-0.15, -0.1) is 0 Å². The Hall–Kier alpha value is -0.610. The zero-order valence-electron chi connectivity index (χ0n) is 10.5. The smallest absolute Gasteiger partial charge is 0.317 e. The molecule has 0 aromatic carbocycles. The largest absolute Gasteiger partial charge is 0.480 e. The molecular weight excluding hydrogens is 204 g/mol. The molecule has 0 saturated heterocycles. The van der Waals surface area contributed by atoms with Crippen molar-refractivity contribution in [3.05, 3.63) is 0 Å². The van der Waals surface area contributed by atoms with Gasteiger partial charge in [0.25, 0.3) is 0 Å². The van der Waals surface area contributed by atoms with Gasteiger partial charge in [0.05, 0.1) is 6.54 Å². The molecule has 1 aliphatic carbocycles. The Bertz CT molecular complexity index is 213. The van der Waals surface area contributed by atoms with Gasteiger partial charge in [0.2, 0.25) is 0 Å². The molecule has 0 amide bonds. The van der Waals surface area contributed by atoms with Crippen molar-refractivity contribution in [1.29, 1.82) is 0 Å². The summed E-state index contributed by atoms with van der Waals surface area (Å²) in [7, 11) is 4.06. The van der Waals surface area contributed by atoms with Crippen LogP contribution in [0.5, 0.6) is 0 Å². The number of hydrogen-bond acceptors (Lipinski definition) is 3. The van der Waals surface area contributed by atoms with Crippen LogP contribution in [0.25, 0.3) is 0 Å². The molecule has 4 heteroatoms. The lowest BCUT2D eigenvalue weighted by Crippen LogP contribution is -2.43. The van der Waals surface area contributed by atoms with Crippen molar-refractivity contribution in [1.82, 2.24) is 9.80 Å². The summed E-state index contributed by atoms with van der Waals surface area (Å²) < 4.78 is 0. The fourth-order valence-corrected chi connectivity index (χ4v) is 2.34. The summed E-state index contributed by atoms with van der Waals surface area (Å²) in [5.74, 6) is -0.704. The molecule has 0 aliphatic heterocycles. The van der Waals surface area contributed by atoms with E-state index in [0.717, 1.165) is 13.1 Å². The van der Waals surface area contributed by atoms with Gasteiger partial charge in [-0.05, 0) is 26.9 Å². The molecule has 0 aromatic heterocycles. The van der Waals surface area contributed by atoms with Crippen molar-refractivity contribution in [2.75, 3.05) is 33.7 Å². The monoisotopic (exact) mass is 228 g/mol. The van der Waals surface area contributed by atoms with Gasteiger partial charge in [0.1, 0.15) is 0 Å². The predicted molar refractivity (Wildman–Crippen MR) is 64.6 cm³/mol. The first-order valence-electron chi connectivity index (χ1n) is 6.20. The Balaban J connectivity index is 2.44. The van der Waals surface area contributed by atoms with Crippen molar-refractivity contribution >= 4 is 5.97 Å². The topological polar surface area (TPSA) is 43.8 Å². The summed E-state index contributed by atoms with van der Waals surface area (Å²) in [6.45, 7) is 1.99. The van der Waals surface area contributed by atoms with Gasteiger partial charge >= 0.3 is 5.97 Å². The number of carboxylic acid groups (broad SMARTS) is 1. The van der Waals surface area contributed by atoms with Gasteiger partial charge in [-0.3, -0.25) is 9.69 Å². The van der Waals surface area contributed by atoms with Gasteiger partial charge in [-0.2, -0.15) is 0 Å². The third kappa shape index (κ3) is 4.94. The summed E-state index contributed by atoms with van der Waals surface area (Å²) >= 11 is 0. The average Bonchev–Trinajstić information content (AvgIpc) is 2.25. The quantitative estimate of drug-likeness (QED) is 0.743. The van der Waals surface area contributed by atoms with Crippen molar-refractivity contribution in [3.8, 4) is 0 Å². The highest BCUT2D eigenvalue weighted by atomic mass is 16.4. The minimum atomic E-state index is -0.704. The SMILES string of the molecule is CN(C)CCN(CC(=O)O)C1CCCCC1. The van der Waals surface area contributed by atoms with E-state index in [1.54, 1.807) is 0 Å². The van der Waals surface area contributed by atoms with Gasteiger partial charge in [-0.25, -0.2) is 0 Å². The zero-order chi connectivity index (χ0) is 12.0. The van der Waals surface area contributed by atoms with Gasteiger partial charge in [0, 0.05) is 19.1 Å². The lowest BCUT2D eigenvalue weighted by molar-refractivity contribution is -0.139. The number of nitrogens with zero attached hydrogens (tertiary/aromatic N) is 2. The Morgan fingerprint density at radius 3 is 2.31 bits per heavy atom. The van der Waals surface area contributed by atoms with Crippen molar-refractivity contribution in [2.24, 2.45) is 0 Å². The van der Waals surface area contributed by atoms with Crippen LogP contribution >= 0.6 is 0 Å². The number of carboxylic acids is 1. The molecule has 0 unspecified atom stereocenters. The Morgan fingerprint density at radius 2 is 1.81 bits per heavy atom. The number of aliphatic carboxylic acids is 1. The van der Waals surface area contributed by atoms with Crippen LogP contribution in [0.3, 0.4) is 0 Å². The highest BCUT2D eigenvalue weighted by molar-refractivity contribution is 5.69. The minimum Gasteiger partial charge on any atom is -0.480 e. The summed E-state index contributed by atoms with van der Waals surface area (Å²) in [6, 6.07) is 0.491. The number of carbonyl (C=O) groups is 1. The predicted octanol–water partition coefficient (Wildman–Crippen LogP) is 1.27. The second-order valence-corrected chi connectivity index (χ2v) is 4.96. The maximum atomic E-state index is 10.8. The molecule has 0 atom stereocenters. The maximum Gasteiger partial charge on any atom is 0.317 e. The van der Waals surface area contributed by atoms with E-state index in [-0.39, 0.29) is 6.54 Å². The molecule has 94 valence electrons. The summed E-state index contributed by atoms with van der Waals surface area (Å²) in [4.78, 5) is 15.1. The molecular formula is C12H24N2O2. The molecule has 1 N–H and O–H groups in total. The Kier molecular flexibility index (Phi) is 5.77. The Labute approximate surface area is 98.2 Å². The van der Waals surface area contributed by atoms with E-state index in [0.29, 0.717) is 6.04 Å². The van der Waals surface area contributed by atoms with Crippen molar-refractivity contribution in [2.45, 2.75) is 38.1 Å². The summed E-state index contributed by atoms with van der Waals surface area (Å²) in [5, 5.41) is 8.92. The van der Waals surface area contributed by atoms with Crippen molar-refractivity contribution < 1.29 is 9.90 Å². The van der Waals surface area contributed by atoms with E-state index in [1.165, 1.54) is 32.1 Å². The first-order chi connectivity index (χ1) is 7.59. The molecule has 0 spiro atoms. The van der Waals surface area contributed by atoms with Crippen LogP contribution in [-0.4, -0.2) is 60.6 Å². The van der Waals surface area contributed by atoms with E-state index < -0.39 is 5.97 Å². The minimum absolute atomic E-state index is 0.193. The van der Waals surface area contributed by atoms with Crippen LogP contribution in [0, 0.1) is 0 Å². The fraction of sp³-hybridized carbons (Fsp3) is 0.917. The van der Waals surface area contributed by atoms with Gasteiger partial charge in [-0.1, -0.05) is 19.3 Å². The third-order valence-corrected chi connectivity index (χ3v) is 3.26. The summed E-state index contributed by atoms with van der Waals surface area (Å²) in [5.41, 5.74) is 0. The second-order valence-electron chi connectivity index (χ2n) is 4.96. The van der Waals surface area contributed by atoms with Crippen LogP contribution in [0.15, 0.2) is 0 Å². The molecule has 1 fully saturated rings. The van der Waals surface area contributed by atoms with Crippen LogP contribution in [0.4, 0.5) is 0 Å².